The van der Waals surface area contributed by atoms with E-state index in [0.29, 0.717) is 6.54 Å². The molecule has 0 aromatic heterocycles. The highest BCUT2D eigenvalue weighted by molar-refractivity contribution is 7.98. The van der Waals surface area contributed by atoms with Gasteiger partial charge >= 0.3 is 6.61 Å². The molecule has 0 heterocycles. The van der Waals surface area contributed by atoms with Crippen molar-refractivity contribution in [3.05, 3.63) is 48.0 Å². The van der Waals surface area contributed by atoms with Crippen molar-refractivity contribution in [1.29, 1.82) is 0 Å². The van der Waals surface area contributed by atoms with Crippen LogP contribution in [0.3, 0.4) is 0 Å². The van der Waals surface area contributed by atoms with Gasteiger partial charge in [0.05, 0.1) is 13.2 Å². The van der Waals surface area contributed by atoms with E-state index in [2.05, 4.69) is 10.1 Å². The van der Waals surface area contributed by atoms with E-state index in [1.165, 1.54) is 13.2 Å². The van der Waals surface area contributed by atoms with Crippen LogP contribution in [-0.2, 0) is 11.3 Å². The average Bonchev–Trinajstić information content (AvgIpc) is 2.68. The Kier molecular flexibility index (Phi) is 8.07. The molecule has 0 radical (unpaired) electrons. The number of likely N-dealkylation sites (N-methyl/N-ethyl adjacent to an activating group) is 1. The maximum absolute atomic E-state index is 12.6. The quantitative estimate of drug-likeness (QED) is 0.618. The molecule has 2 aromatic rings. The minimum absolute atomic E-state index is 0.0247. The smallest absolute Gasteiger partial charge is 0.387 e. The van der Waals surface area contributed by atoms with Crippen molar-refractivity contribution in [3.63, 3.8) is 0 Å². The zero-order valence-electron chi connectivity index (χ0n) is 16.2. The SMILES string of the molecule is COc1cc(CN(C)C(C)C(=O)Nc2cccc(SC)c2)ccc1OC(F)F. The van der Waals surface area contributed by atoms with Crippen LogP contribution in [0.25, 0.3) is 0 Å². The predicted molar refractivity (Wildman–Crippen MR) is 107 cm³/mol. The molecule has 8 heteroatoms. The lowest BCUT2D eigenvalue weighted by molar-refractivity contribution is -0.120. The average molecular weight is 410 g/mol. The van der Waals surface area contributed by atoms with Gasteiger partial charge in [-0.25, -0.2) is 0 Å². The number of methoxy groups -OCH3 is 1. The van der Waals surface area contributed by atoms with Crippen LogP contribution >= 0.6 is 11.8 Å². The molecule has 0 aliphatic carbocycles. The zero-order chi connectivity index (χ0) is 20.7. The molecule has 152 valence electrons. The summed E-state index contributed by atoms with van der Waals surface area (Å²) in [5.74, 6) is 0.0610. The van der Waals surface area contributed by atoms with Gasteiger partial charge in [0.2, 0.25) is 5.91 Å². The van der Waals surface area contributed by atoms with Gasteiger partial charge < -0.3 is 14.8 Å². The number of benzene rings is 2. The van der Waals surface area contributed by atoms with E-state index >= 15 is 0 Å². The summed E-state index contributed by atoms with van der Waals surface area (Å²) in [5.41, 5.74) is 1.55. The first kappa shape index (κ1) is 22.0. The number of hydrogen-bond donors (Lipinski definition) is 1. The summed E-state index contributed by atoms with van der Waals surface area (Å²) in [6.45, 7) is -0.680. The van der Waals surface area contributed by atoms with Gasteiger partial charge in [0.15, 0.2) is 11.5 Å². The topological polar surface area (TPSA) is 50.8 Å². The molecule has 0 spiro atoms. The zero-order valence-corrected chi connectivity index (χ0v) is 17.1. The van der Waals surface area contributed by atoms with Gasteiger partial charge in [0, 0.05) is 17.1 Å². The molecule has 1 amide bonds. The van der Waals surface area contributed by atoms with Crippen LogP contribution in [-0.4, -0.2) is 43.9 Å². The van der Waals surface area contributed by atoms with Crippen molar-refractivity contribution in [2.45, 2.75) is 31.0 Å². The first-order valence-corrected chi connectivity index (χ1v) is 9.83. The lowest BCUT2D eigenvalue weighted by Crippen LogP contribution is -2.39. The first-order chi connectivity index (χ1) is 13.3. The van der Waals surface area contributed by atoms with Crippen LogP contribution in [0.2, 0.25) is 0 Å². The van der Waals surface area contributed by atoms with Crippen LogP contribution < -0.4 is 14.8 Å². The summed E-state index contributed by atoms with van der Waals surface area (Å²) >= 11 is 1.60. The molecule has 0 saturated heterocycles. The number of alkyl halides is 2. The van der Waals surface area contributed by atoms with Crippen molar-refractivity contribution in [2.75, 3.05) is 25.7 Å². The first-order valence-electron chi connectivity index (χ1n) is 8.61. The normalized spacial score (nSPS) is 12.1. The third-order valence-electron chi connectivity index (χ3n) is 4.25. The lowest BCUT2D eigenvalue weighted by Gasteiger charge is -2.24. The number of ether oxygens (including phenoxy) is 2. The molecule has 1 N–H and O–H groups in total. The summed E-state index contributed by atoms with van der Waals surface area (Å²) in [4.78, 5) is 15.5. The monoisotopic (exact) mass is 410 g/mol. The van der Waals surface area contributed by atoms with Gasteiger partial charge in [-0.15, -0.1) is 11.8 Å². The summed E-state index contributed by atoms with van der Waals surface area (Å²) in [6.07, 6.45) is 1.98. The Morgan fingerprint density at radius 1 is 1.21 bits per heavy atom. The van der Waals surface area contributed by atoms with E-state index in [1.54, 1.807) is 30.8 Å². The molecular formula is C20H24F2N2O3S. The van der Waals surface area contributed by atoms with E-state index in [1.807, 2.05) is 42.5 Å². The Morgan fingerprint density at radius 3 is 2.61 bits per heavy atom. The summed E-state index contributed by atoms with van der Waals surface area (Å²) in [6, 6.07) is 12.0. The molecule has 28 heavy (non-hydrogen) atoms. The summed E-state index contributed by atoms with van der Waals surface area (Å²) in [7, 11) is 3.21. The minimum atomic E-state index is -2.92. The molecule has 1 atom stereocenters. The van der Waals surface area contributed by atoms with Gasteiger partial charge in [-0.3, -0.25) is 9.69 Å². The molecule has 1 unspecified atom stereocenters. The predicted octanol–water partition coefficient (Wildman–Crippen LogP) is 4.48. The number of nitrogens with zero attached hydrogens (tertiary/aromatic N) is 1. The maximum atomic E-state index is 12.6. The van der Waals surface area contributed by atoms with Gasteiger partial charge in [-0.05, 0) is 56.1 Å². The number of rotatable bonds is 9. The summed E-state index contributed by atoms with van der Waals surface area (Å²) in [5, 5.41) is 2.91. The van der Waals surface area contributed by atoms with E-state index in [-0.39, 0.29) is 17.4 Å². The highest BCUT2D eigenvalue weighted by Crippen LogP contribution is 2.30. The van der Waals surface area contributed by atoms with Crippen LogP contribution in [0, 0.1) is 0 Å². The standard InChI is InChI=1S/C20H24F2N2O3S/c1-13(19(25)23-15-6-5-7-16(11-15)28-4)24(2)12-14-8-9-17(27-20(21)22)18(10-14)26-3/h5-11,13,20H,12H2,1-4H3,(H,23,25). The molecule has 0 bridgehead atoms. The Hall–Kier alpha value is -2.32. The molecule has 2 rings (SSSR count). The number of carbonyl (C=O) groups is 1. The number of halogens is 2. The van der Waals surface area contributed by atoms with Crippen LogP contribution in [0.5, 0.6) is 11.5 Å². The molecular weight excluding hydrogens is 386 g/mol. The Balaban J connectivity index is 2.02. The summed E-state index contributed by atoms with van der Waals surface area (Å²) < 4.78 is 34.4. The Bertz CT molecular complexity index is 805. The minimum Gasteiger partial charge on any atom is -0.493 e. The van der Waals surface area contributed by atoms with Gasteiger partial charge in [-0.2, -0.15) is 8.78 Å². The number of anilines is 1. The molecule has 0 aliphatic rings. The fraction of sp³-hybridized carbons (Fsp3) is 0.350. The number of nitrogens with one attached hydrogen (secondary N) is 1. The second-order valence-electron chi connectivity index (χ2n) is 6.18. The molecule has 0 fully saturated rings. The van der Waals surface area contributed by atoms with Crippen molar-refractivity contribution in [1.82, 2.24) is 4.90 Å². The van der Waals surface area contributed by atoms with Crippen molar-refractivity contribution >= 4 is 23.4 Å². The van der Waals surface area contributed by atoms with E-state index < -0.39 is 12.7 Å². The second-order valence-corrected chi connectivity index (χ2v) is 7.06. The largest absolute Gasteiger partial charge is 0.493 e. The number of thioether (sulfide) groups is 1. The molecule has 5 nitrogen and oxygen atoms in total. The fourth-order valence-corrected chi connectivity index (χ4v) is 3.04. The number of hydrogen-bond acceptors (Lipinski definition) is 5. The van der Waals surface area contributed by atoms with Gasteiger partial charge in [0.1, 0.15) is 0 Å². The van der Waals surface area contributed by atoms with Crippen molar-refractivity contribution < 1.29 is 23.0 Å². The highest BCUT2D eigenvalue weighted by atomic mass is 32.2. The van der Waals surface area contributed by atoms with Crippen LogP contribution in [0.4, 0.5) is 14.5 Å². The fourth-order valence-electron chi connectivity index (χ4n) is 2.58. The highest BCUT2D eigenvalue weighted by Gasteiger charge is 2.19. The lowest BCUT2D eigenvalue weighted by atomic mass is 10.1. The Labute approximate surface area is 168 Å². The third-order valence-corrected chi connectivity index (χ3v) is 4.98. The number of carbonyl (C=O) groups excluding carboxylic acids is 1. The molecule has 2 aromatic carbocycles. The van der Waals surface area contributed by atoms with E-state index in [0.717, 1.165) is 16.1 Å². The van der Waals surface area contributed by atoms with Crippen LogP contribution in [0.15, 0.2) is 47.4 Å². The third kappa shape index (κ3) is 6.10. The molecule has 0 saturated carbocycles. The number of amides is 1. The molecule has 0 aliphatic heterocycles. The van der Waals surface area contributed by atoms with Gasteiger partial charge in [-0.1, -0.05) is 12.1 Å². The maximum Gasteiger partial charge on any atom is 0.387 e. The van der Waals surface area contributed by atoms with Gasteiger partial charge in [0.25, 0.3) is 0 Å². The van der Waals surface area contributed by atoms with Crippen LogP contribution in [0.1, 0.15) is 12.5 Å². The van der Waals surface area contributed by atoms with Crippen molar-refractivity contribution in [2.24, 2.45) is 0 Å². The Morgan fingerprint density at radius 2 is 1.96 bits per heavy atom. The second kappa shape index (κ2) is 10.3. The van der Waals surface area contributed by atoms with Crippen molar-refractivity contribution in [3.8, 4) is 11.5 Å². The van der Waals surface area contributed by atoms with E-state index in [4.69, 9.17) is 4.74 Å². The van der Waals surface area contributed by atoms with E-state index in [9.17, 15) is 13.6 Å².